The molecule has 2 aromatic rings. The normalized spacial score (nSPS) is 10.8. The zero-order valence-electron chi connectivity index (χ0n) is 8.94. The third kappa shape index (κ3) is 1.36. The summed E-state index contributed by atoms with van der Waals surface area (Å²) < 4.78 is 27.5. The van der Waals surface area contributed by atoms with Crippen molar-refractivity contribution in [1.82, 2.24) is 4.98 Å². The summed E-state index contributed by atoms with van der Waals surface area (Å²) in [6.45, 7) is 1.50. The number of fused-ring (bicyclic) bond motifs is 1. The second-order valence-electron chi connectivity index (χ2n) is 3.55. The zero-order valence-corrected chi connectivity index (χ0v) is 8.94. The van der Waals surface area contributed by atoms with Gasteiger partial charge in [-0.2, -0.15) is 0 Å². The van der Waals surface area contributed by atoms with E-state index in [4.69, 9.17) is 5.73 Å². The minimum absolute atomic E-state index is 0.0124. The summed E-state index contributed by atoms with van der Waals surface area (Å²) in [6.07, 6.45) is 1.31. The highest BCUT2D eigenvalue weighted by Gasteiger charge is 2.15. The summed E-state index contributed by atoms with van der Waals surface area (Å²) in [6, 6.07) is 1.13. The summed E-state index contributed by atoms with van der Waals surface area (Å²) in [7, 11) is 1.60. The summed E-state index contributed by atoms with van der Waals surface area (Å²) in [4.78, 5) is 3.81. The number of halogens is 2. The maximum atomic E-state index is 13.9. The van der Waals surface area contributed by atoms with Gasteiger partial charge < -0.3 is 11.1 Å². The Balaban J connectivity index is 3.01. The second kappa shape index (κ2) is 3.59. The molecule has 0 aliphatic heterocycles. The van der Waals surface area contributed by atoms with E-state index >= 15 is 0 Å². The van der Waals surface area contributed by atoms with Crippen LogP contribution in [-0.2, 0) is 0 Å². The quantitative estimate of drug-likeness (QED) is 0.780. The molecule has 0 aliphatic carbocycles. The number of benzene rings is 1. The number of rotatable bonds is 1. The number of nitrogens with zero attached hydrogens (tertiary/aromatic N) is 1. The molecule has 1 aromatic carbocycles. The lowest BCUT2D eigenvalue weighted by atomic mass is 10.1. The average molecular weight is 223 g/mol. The smallest absolute Gasteiger partial charge is 0.149 e. The molecule has 84 valence electrons. The highest BCUT2D eigenvalue weighted by molar-refractivity contribution is 5.97. The van der Waals surface area contributed by atoms with Gasteiger partial charge in [0.15, 0.2) is 0 Å². The van der Waals surface area contributed by atoms with Gasteiger partial charge in [-0.15, -0.1) is 0 Å². The molecular formula is C11H11F2N3. The number of anilines is 2. The van der Waals surface area contributed by atoms with Crippen molar-refractivity contribution in [1.29, 1.82) is 0 Å². The predicted molar refractivity (Wildman–Crippen MR) is 60.4 cm³/mol. The predicted octanol–water partition coefficient (Wildman–Crippen LogP) is 2.45. The third-order valence-electron chi connectivity index (χ3n) is 2.49. The van der Waals surface area contributed by atoms with Crippen molar-refractivity contribution >= 4 is 22.3 Å². The van der Waals surface area contributed by atoms with Crippen molar-refractivity contribution in [2.75, 3.05) is 18.1 Å². The van der Waals surface area contributed by atoms with E-state index in [2.05, 4.69) is 10.3 Å². The Bertz CT molecular complexity index is 567. The molecular weight excluding hydrogens is 212 g/mol. The maximum absolute atomic E-state index is 13.9. The Kier molecular flexibility index (Phi) is 2.38. The molecule has 0 saturated carbocycles. The molecule has 0 saturated heterocycles. The van der Waals surface area contributed by atoms with Crippen LogP contribution < -0.4 is 11.1 Å². The van der Waals surface area contributed by atoms with Gasteiger partial charge >= 0.3 is 0 Å². The van der Waals surface area contributed by atoms with Crippen molar-refractivity contribution in [3.63, 3.8) is 0 Å². The second-order valence-corrected chi connectivity index (χ2v) is 3.55. The van der Waals surface area contributed by atoms with Crippen LogP contribution in [0.25, 0.3) is 10.9 Å². The standard InChI is InChI=1S/C11H11F2N3/c1-5-3-6(12)10-8(9(5)13)11(15-2)7(14)4-16-10/h3-4H,14H2,1-2H3,(H,15,16). The van der Waals surface area contributed by atoms with E-state index in [0.717, 1.165) is 6.07 Å². The Labute approximate surface area is 91.3 Å². The molecule has 2 rings (SSSR count). The number of nitrogen functional groups attached to an aromatic ring is 1. The summed E-state index contributed by atoms with van der Waals surface area (Å²) in [5.41, 5.74) is 6.53. The van der Waals surface area contributed by atoms with Gasteiger partial charge in [0.2, 0.25) is 0 Å². The first-order valence-electron chi connectivity index (χ1n) is 4.76. The van der Waals surface area contributed by atoms with E-state index in [0.29, 0.717) is 11.4 Å². The van der Waals surface area contributed by atoms with Gasteiger partial charge in [0.05, 0.1) is 23.0 Å². The van der Waals surface area contributed by atoms with E-state index < -0.39 is 11.6 Å². The molecule has 0 radical (unpaired) electrons. The highest BCUT2D eigenvalue weighted by Crippen LogP contribution is 2.32. The van der Waals surface area contributed by atoms with E-state index in [1.54, 1.807) is 7.05 Å². The van der Waals surface area contributed by atoms with E-state index in [1.165, 1.54) is 13.1 Å². The van der Waals surface area contributed by atoms with Crippen molar-refractivity contribution in [2.24, 2.45) is 0 Å². The molecule has 1 heterocycles. The number of hydrogen-bond donors (Lipinski definition) is 2. The lowest BCUT2D eigenvalue weighted by Crippen LogP contribution is -2.02. The van der Waals surface area contributed by atoms with Crippen LogP contribution in [0.15, 0.2) is 12.3 Å². The van der Waals surface area contributed by atoms with Crippen LogP contribution in [0.4, 0.5) is 20.2 Å². The number of hydrogen-bond acceptors (Lipinski definition) is 3. The van der Waals surface area contributed by atoms with Crippen LogP contribution in [0.1, 0.15) is 5.56 Å². The molecule has 0 fully saturated rings. The van der Waals surface area contributed by atoms with Crippen molar-refractivity contribution in [3.05, 3.63) is 29.5 Å². The Hall–Kier alpha value is -1.91. The lowest BCUT2D eigenvalue weighted by Gasteiger charge is -2.11. The molecule has 3 nitrogen and oxygen atoms in total. The van der Waals surface area contributed by atoms with Gasteiger partial charge in [-0.1, -0.05) is 0 Å². The van der Waals surface area contributed by atoms with Crippen molar-refractivity contribution < 1.29 is 8.78 Å². The first-order valence-corrected chi connectivity index (χ1v) is 4.76. The van der Waals surface area contributed by atoms with Crippen LogP contribution >= 0.6 is 0 Å². The molecule has 0 bridgehead atoms. The van der Waals surface area contributed by atoms with Crippen LogP contribution in [0.2, 0.25) is 0 Å². The van der Waals surface area contributed by atoms with Gasteiger partial charge in [-0.25, -0.2) is 8.78 Å². The number of nitrogens with one attached hydrogen (secondary N) is 1. The minimum atomic E-state index is -0.551. The lowest BCUT2D eigenvalue weighted by molar-refractivity contribution is 0.608. The SMILES string of the molecule is CNc1c(N)cnc2c(F)cc(C)c(F)c12. The molecule has 0 spiro atoms. The molecule has 5 heteroatoms. The molecule has 0 unspecified atom stereocenters. The summed E-state index contributed by atoms with van der Waals surface area (Å²) in [5.74, 6) is -1.05. The van der Waals surface area contributed by atoms with E-state index in [1.807, 2.05) is 0 Å². The van der Waals surface area contributed by atoms with Gasteiger partial charge in [0.1, 0.15) is 17.2 Å². The molecule has 3 N–H and O–H groups in total. The molecule has 0 atom stereocenters. The maximum Gasteiger partial charge on any atom is 0.149 e. The van der Waals surface area contributed by atoms with Crippen molar-refractivity contribution in [3.8, 4) is 0 Å². The monoisotopic (exact) mass is 223 g/mol. The van der Waals surface area contributed by atoms with E-state index in [-0.39, 0.29) is 16.5 Å². The summed E-state index contributed by atoms with van der Waals surface area (Å²) >= 11 is 0. The van der Waals surface area contributed by atoms with E-state index in [9.17, 15) is 8.78 Å². The highest BCUT2D eigenvalue weighted by atomic mass is 19.1. The topological polar surface area (TPSA) is 50.9 Å². The van der Waals surface area contributed by atoms with Gasteiger partial charge in [0.25, 0.3) is 0 Å². The van der Waals surface area contributed by atoms with Crippen LogP contribution in [-0.4, -0.2) is 12.0 Å². The fraction of sp³-hybridized carbons (Fsp3) is 0.182. The first-order chi connectivity index (χ1) is 7.56. The van der Waals surface area contributed by atoms with Gasteiger partial charge in [-0.3, -0.25) is 4.98 Å². The molecule has 16 heavy (non-hydrogen) atoms. The summed E-state index contributed by atoms with van der Waals surface area (Å²) in [5, 5.41) is 2.86. The number of aryl methyl sites for hydroxylation is 1. The van der Waals surface area contributed by atoms with Crippen molar-refractivity contribution in [2.45, 2.75) is 6.92 Å². The van der Waals surface area contributed by atoms with Crippen LogP contribution in [0.5, 0.6) is 0 Å². The van der Waals surface area contributed by atoms with Gasteiger partial charge in [-0.05, 0) is 18.6 Å². The number of aromatic nitrogens is 1. The fourth-order valence-electron chi connectivity index (χ4n) is 1.71. The Morgan fingerprint density at radius 2 is 2.06 bits per heavy atom. The Morgan fingerprint density at radius 3 is 2.69 bits per heavy atom. The van der Waals surface area contributed by atoms with Crippen LogP contribution in [0.3, 0.4) is 0 Å². The fourth-order valence-corrected chi connectivity index (χ4v) is 1.71. The third-order valence-corrected chi connectivity index (χ3v) is 2.49. The Morgan fingerprint density at radius 1 is 1.38 bits per heavy atom. The molecule has 1 aromatic heterocycles. The number of pyridine rings is 1. The number of nitrogens with two attached hydrogens (primary N) is 1. The zero-order chi connectivity index (χ0) is 11.9. The van der Waals surface area contributed by atoms with Crippen LogP contribution in [0, 0.1) is 18.6 Å². The first kappa shape index (κ1) is 10.6. The molecule has 0 aliphatic rings. The average Bonchev–Trinajstić information content (AvgIpc) is 2.25. The molecule has 0 amide bonds. The minimum Gasteiger partial charge on any atom is -0.396 e. The van der Waals surface area contributed by atoms with Gasteiger partial charge in [0, 0.05) is 7.05 Å². The largest absolute Gasteiger partial charge is 0.396 e.